The zero-order chi connectivity index (χ0) is 16.8. The molecule has 122 valence electrons. The van der Waals surface area contributed by atoms with E-state index >= 15 is 0 Å². The van der Waals surface area contributed by atoms with Gasteiger partial charge in [0.05, 0.1) is 15.9 Å². The minimum atomic E-state index is -3.82. The molecule has 1 atom stereocenters. The average Bonchev–Trinajstić information content (AvgIpc) is 2.47. The fourth-order valence-corrected chi connectivity index (χ4v) is 3.90. The van der Waals surface area contributed by atoms with Crippen molar-refractivity contribution in [2.24, 2.45) is 0 Å². The number of hydrogen-bond acceptors (Lipinski definition) is 4. The lowest BCUT2D eigenvalue weighted by molar-refractivity contribution is -0.0412. The van der Waals surface area contributed by atoms with Gasteiger partial charge >= 0.3 is 0 Å². The molecule has 1 heterocycles. The monoisotopic (exact) mass is 336 g/mol. The molecule has 1 aliphatic rings. The highest BCUT2D eigenvalue weighted by atomic mass is 32.2. The lowest BCUT2D eigenvalue weighted by Crippen LogP contribution is -2.46. The Morgan fingerprint density at radius 2 is 1.87 bits per heavy atom. The van der Waals surface area contributed by atoms with Gasteiger partial charge in [0.2, 0.25) is 9.84 Å². The minimum absolute atomic E-state index is 0.0531. The molecule has 0 spiro atoms. The Morgan fingerprint density at radius 1 is 1.17 bits per heavy atom. The van der Waals surface area contributed by atoms with E-state index in [4.69, 9.17) is 4.74 Å². The number of benzene rings is 2. The normalized spacial score (nSPS) is 19.7. The molecule has 2 aromatic rings. The summed E-state index contributed by atoms with van der Waals surface area (Å²) in [5.41, 5.74) is -0.107. The Hall–Kier alpha value is -1.92. The Labute approximate surface area is 134 Å². The van der Waals surface area contributed by atoms with E-state index in [0.29, 0.717) is 17.7 Å². The largest absolute Gasteiger partial charge is 0.485 e. The first-order chi connectivity index (χ1) is 10.7. The molecule has 3 rings (SSSR count). The molecule has 1 N–H and O–H groups in total. The fraction of sp³-hybridized carbons (Fsp3) is 0.294. The van der Waals surface area contributed by atoms with Gasteiger partial charge in [-0.1, -0.05) is 6.07 Å². The second-order valence-electron chi connectivity index (χ2n) is 6.16. The first-order valence-electron chi connectivity index (χ1n) is 7.21. The molecule has 2 aromatic carbocycles. The summed E-state index contributed by atoms with van der Waals surface area (Å²) < 4.78 is 44.2. The molecule has 0 bridgehead atoms. The van der Waals surface area contributed by atoms with Crippen LogP contribution in [0.4, 0.5) is 4.39 Å². The van der Waals surface area contributed by atoms with Crippen LogP contribution in [-0.4, -0.2) is 25.2 Å². The van der Waals surface area contributed by atoms with Crippen molar-refractivity contribution in [2.75, 3.05) is 0 Å². The van der Waals surface area contributed by atoms with E-state index in [-0.39, 0.29) is 9.79 Å². The van der Waals surface area contributed by atoms with Crippen LogP contribution in [0.15, 0.2) is 52.3 Å². The van der Waals surface area contributed by atoms with Crippen LogP contribution in [-0.2, 0) is 16.3 Å². The lowest BCUT2D eigenvalue weighted by Gasteiger charge is -2.37. The van der Waals surface area contributed by atoms with Crippen molar-refractivity contribution in [3.8, 4) is 5.75 Å². The van der Waals surface area contributed by atoms with Crippen LogP contribution in [0.5, 0.6) is 5.75 Å². The molecule has 0 fully saturated rings. The van der Waals surface area contributed by atoms with Gasteiger partial charge in [0, 0.05) is 6.42 Å². The Bertz CT molecular complexity index is 859. The molecule has 23 heavy (non-hydrogen) atoms. The van der Waals surface area contributed by atoms with Crippen molar-refractivity contribution >= 4 is 9.84 Å². The summed E-state index contributed by atoms with van der Waals surface area (Å²) in [4.78, 5) is -0.0487. The number of halogens is 1. The van der Waals surface area contributed by atoms with Crippen molar-refractivity contribution in [1.29, 1.82) is 0 Å². The van der Waals surface area contributed by atoms with E-state index in [0.717, 1.165) is 6.07 Å². The van der Waals surface area contributed by atoms with E-state index in [2.05, 4.69) is 0 Å². The Balaban J connectivity index is 2.04. The maximum Gasteiger partial charge on any atom is 0.206 e. The predicted octanol–water partition coefficient (Wildman–Crippen LogP) is 2.73. The summed E-state index contributed by atoms with van der Waals surface area (Å²) in [7, 11) is -3.82. The van der Waals surface area contributed by atoms with Crippen LogP contribution in [0.1, 0.15) is 19.4 Å². The first kappa shape index (κ1) is 16.0. The number of sulfone groups is 1. The van der Waals surface area contributed by atoms with E-state index in [1.165, 1.54) is 30.3 Å². The SMILES string of the molecule is CC1(C)Oc2ccc(S(=O)(=O)c3cccc(F)c3)cc2C[C@@H]1O. The summed E-state index contributed by atoms with van der Waals surface area (Å²) in [5, 5.41) is 10.1. The average molecular weight is 336 g/mol. The van der Waals surface area contributed by atoms with E-state index in [9.17, 15) is 17.9 Å². The van der Waals surface area contributed by atoms with Crippen molar-refractivity contribution < 1.29 is 22.7 Å². The number of ether oxygens (including phenoxy) is 1. The summed E-state index contributed by atoms with van der Waals surface area (Å²) >= 11 is 0. The van der Waals surface area contributed by atoms with Gasteiger partial charge in [0.25, 0.3) is 0 Å². The summed E-state index contributed by atoms with van der Waals surface area (Å²) in [6, 6.07) is 9.39. The second kappa shape index (κ2) is 5.32. The van der Waals surface area contributed by atoms with Crippen LogP contribution in [0.2, 0.25) is 0 Å². The number of rotatable bonds is 2. The molecule has 0 aliphatic carbocycles. The number of aliphatic hydroxyl groups is 1. The third kappa shape index (κ3) is 2.84. The van der Waals surface area contributed by atoms with Gasteiger partial charge in [0.15, 0.2) is 0 Å². The number of aliphatic hydroxyl groups excluding tert-OH is 1. The number of hydrogen-bond donors (Lipinski definition) is 1. The van der Waals surface area contributed by atoms with E-state index < -0.39 is 27.4 Å². The smallest absolute Gasteiger partial charge is 0.206 e. The zero-order valence-corrected chi connectivity index (χ0v) is 13.6. The summed E-state index contributed by atoms with van der Waals surface area (Å²) in [5.74, 6) is -0.0527. The highest BCUT2D eigenvalue weighted by molar-refractivity contribution is 7.91. The molecule has 0 amide bonds. The highest BCUT2D eigenvalue weighted by Gasteiger charge is 2.36. The van der Waals surface area contributed by atoms with Gasteiger partial charge in [-0.3, -0.25) is 0 Å². The first-order valence-corrected chi connectivity index (χ1v) is 8.69. The maximum absolute atomic E-state index is 13.3. The third-order valence-corrected chi connectivity index (χ3v) is 5.79. The van der Waals surface area contributed by atoms with Gasteiger partial charge in [-0.15, -0.1) is 0 Å². The quantitative estimate of drug-likeness (QED) is 0.916. The molecular formula is C17H17FO4S. The number of fused-ring (bicyclic) bond motifs is 1. The Kier molecular flexibility index (Phi) is 3.69. The molecule has 0 unspecified atom stereocenters. The topological polar surface area (TPSA) is 63.6 Å². The van der Waals surface area contributed by atoms with E-state index in [1.54, 1.807) is 19.9 Å². The maximum atomic E-state index is 13.3. The molecule has 6 heteroatoms. The van der Waals surface area contributed by atoms with Crippen LogP contribution in [0, 0.1) is 5.82 Å². The van der Waals surface area contributed by atoms with Gasteiger partial charge in [-0.05, 0) is 55.8 Å². The summed E-state index contributed by atoms with van der Waals surface area (Å²) in [6.07, 6.45) is -0.434. The van der Waals surface area contributed by atoms with Gasteiger partial charge in [-0.25, -0.2) is 12.8 Å². The van der Waals surface area contributed by atoms with Crippen molar-refractivity contribution in [1.82, 2.24) is 0 Å². The lowest BCUT2D eigenvalue weighted by atomic mass is 9.91. The molecule has 0 saturated heterocycles. The van der Waals surface area contributed by atoms with Gasteiger partial charge < -0.3 is 9.84 Å². The van der Waals surface area contributed by atoms with Gasteiger partial charge in [0.1, 0.15) is 17.2 Å². The van der Waals surface area contributed by atoms with Crippen molar-refractivity contribution in [2.45, 2.75) is 41.8 Å². The fourth-order valence-electron chi connectivity index (χ4n) is 2.56. The molecule has 0 radical (unpaired) electrons. The van der Waals surface area contributed by atoms with Crippen LogP contribution in [0.3, 0.4) is 0 Å². The molecule has 0 saturated carbocycles. The molecule has 0 aromatic heterocycles. The third-order valence-electron chi connectivity index (χ3n) is 4.04. The zero-order valence-electron chi connectivity index (χ0n) is 12.8. The van der Waals surface area contributed by atoms with Crippen molar-refractivity contribution in [3.05, 3.63) is 53.8 Å². The van der Waals surface area contributed by atoms with E-state index in [1.807, 2.05) is 0 Å². The minimum Gasteiger partial charge on any atom is -0.485 e. The van der Waals surface area contributed by atoms with Crippen molar-refractivity contribution in [3.63, 3.8) is 0 Å². The standard InChI is InChI=1S/C17H17FO4S/c1-17(2)16(19)9-11-8-14(6-7-15(11)22-17)23(20,21)13-5-3-4-12(18)10-13/h3-8,10,16,19H,9H2,1-2H3/t16-/m0/s1. The van der Waals surface area contributed by atoms with Crippen LogP contribution >= 0.6 is 0 Å². The molecule has 4 nitrogen and oxygen atoms in total. The highest BCUT2D eigenvalue weighted by Crippen LogP contribution is 2.35. The molecular weight excluding hydrogens is 319 g/mol. The predicted molar refractivity (Wildman–Crippen MR) is 82.7 cm³/mol. The molecule has 1 aliphatic heterocycles. The van der Waals surface area contributed by atoms with Crippen LogP contribution < -0.4 is 4.74 Å². The van der Waals surface area contributed by atoms with Crippen LogP contribution in [0.25, 0.3) is 0 Å². The second-order valence-corrected chi connectivity index (χ2v) is 8.11. The van der Waals surface area contributed by atoms with Gasteiger partial charge in [-0.2, -0.15) is 0 Å². The Morgan fingerprint density at radius 3 is 2.57 bits per heavy atom. The summed E-state index contributed by atoms with van der Waals surface area (Å²) in [6.45, 7) is 3.55.